The lowest BCUT2D eigenvalue weighted by molar-refractivity contribution is -0.267. The van der Waals surface area contributed by atoms with Crippen molar-refractivity contribution in [3.05, 3.63) is 12.7 Å². The first kappa shape index (κ1) is 15.5. The Morgan fingerprint density at radius 3 is 2.68 bits per heavy atom. The van der Waals surface area contributed by atoms with E-state index in [9.17, 15) is 14.7 Å². The lowest BCUT2D eigenvalue weighted by Crippen LogP contribution is -2.68. The van der Waals surface area contributed by atoms with Gasteiger partial charge in [0.1, 0.15) is 5.60 Å². The van der Waals surface area contributed by atoms with Gasteiger partial charge in [-0.3, -0.25) is 0 Å². The Morgan fingerprint density at radius 2 is 2.05 bits per heavy atom. The third-order valence-corrected chi connectivity index (χ3v) is 6.07. The minimum Gasteiger partial charge on any atom is -0.456 e. The average molecular weight is 308 g/mol. The highest BCUT2D eigenvalue weighted by atomic mass is 16.6. The van der Waals surface area contributed by atoms with Gasteiger partial charge < -0.3 is 14.6 Å². The highest BCUT2D eigenvalue weighted by molar-refractivity contribution is 5.83. The van der Waals surface area contributed by atoms with Crippen molar-refractivity contribution in [2.75, 3.05) is 6.61 Å². The van der Waals surface area contributed by atoms with Crippen LogP contribution in [-0.2, 0) is 19.1 Å². The Hall–Kier alpha value is -1.36. The first-order valence-corrected chi connectivity index (χ1v) is 7.94. The third kappa shape index (κ3) is 2.35. The van der Waals surface area contributed by atoms with Crippen LogP contribution >= 0.6 is 0 Å². The van der Waals surface area contributed by atoms with Crippen molar-refractivity contribution in [3.63, 3.8) is 0 Å². The number of aliphatic hydroxyl groups is 1. The molecule has 4 aliphatic rings. The summed E-state index contributed by atoms with van der Waals surface area (Å²) in [6, 6.07) is 0. The zero-order valence-electron chi connectivity index (χ0n) is 13.3. The van der Waals surface area contributed by atoms with Crippen molar-refractivity contribution in [1.82, 2.24) is 0 Å². The second-order valence-corrected chi connectivity index (χ2v) is 7.78. The van der Waals surface area contributed by atoms with Gasteiger partial charge in [-0.05, 0) is 37.0 Å². The molecule has 1 N–H and O–H groups in total. The van der Waals surface area contributed by atoms with E-state index in [1.165, 1.54) is 0 Å². The molecule has 0 amide bonds. The Bertz CT molecular complexity index is 529. The molecule has 5 heteroatoms. The number of carbonyl (C=O) groups excluding carboxylic acids is 2. The van der Waals surface area contributed by atoms with Gasteiger partial charge in [0, 0.05) is 18.4 Å². The van der Waals surface area contributed by atoms with E-state index in [4.69, 9.17) is 9.47 Å². The van der Waals surface area contributed by atoms with Crippen LogP contribution in [0.15, 0.2) is 12.7 Å². The molecule has 0 spiro atoms. The lowest BCUT2D eigenvalue weighted by Gasteiger charge is -2.66. The van der Waals surface area contributed by atoms with Gasteiger partial charge in [0.15, 0.2) is 6.61 Å². The summed E-state index contributed by atoms with van der Waals surface area (Å²) in [4.78, 5) is 23.1. The van der Waals surface area contributed by atoms with Crippen molar-refractivity contribution in [2.24, 2.45) is 17.3 Å². The maximum Gasteiger partial charge on any atom is 0.344 e. The number of esters is 2. The number of ether oxygens (including phenoxy) is 2. The van der Waals surface area contributed by atoms with Crippen molar-refractivity contribution < 1.29 is 24.2 Å². The fraction of sp³-hybridized carbons (Fsp3) is 0.765. The summed E-state index contributed by atoms with van der Waals surface area (Å²) in [5.74, 6) is -0.592. The van der Waals surface area contributed by atoms with Gasteiger partial charge in [-0.2, -0.15) is 0 Å². The second-order valence-electron chi connectivity index (χ2n) is 7.78. The predicted molar refractivity (Wildman–Crippen MR) is 78.8 cm³/mol. The Balaban J connectivity index is 1.76. The van der Waals surface area contributed by atoms with Crippen LogP contribution in [0, 0.1) is 17.3 Å². The normalized spacial score (nSPS) is 45.4. The minimum atomic E-state index is -0.722. The van der Waals surface area contributed by atoms with Crippen LogP contribution in [0.4, 0.5) is 0 Å². The molecule has 0 radical (unpaired) electrons. The van der Waals surface area contributed by atoms with Gasteiger partial charge in [-0.25, -0.2) is 9.59 Å². The summed E-state index contributed by atoms with van der Waals surface area (Å²) >= 11 is 0. The third-order valence-electron chi connectivity index (χ3n) is 6.07. The van der Waals surface area contributed by atoms with E-state index < -0.39 is 29.7 Å². The topological polar surface area (TPSA) is 72.8 Å². The van der Waals surface area contributed by atoms with E-state index in [-0.39, 0.29) is 11.3 Å². The number of hydrogen-bond donors (Lipinski definition) is 1. The van der Waals surface area contributed by atoms with Crippen molar-refractivity contribution in [1.29, 1.82) is 0 Å². The maximum absolute atomic E-state index is 12.1. The van der Waals surface area contributed by atoms with Gasteiger partial charge in [0.05, 0.1) is 5.60 Å². The average Bonchev–Trinajstić information content (AvgIpc) is 2.40. The van der Waals surface area contributed by atoms with Crippen LogP contribution in [0.2, 0.25) is 0 Å². The van der Waals surface area contributed by atoms with Gasteiger partial charge in [-0.15, -0.1) is 0 Å². The predicted octanol–water partition coefficient (Wildman–Crippen LogP) is 1.98. The van der Waals surface area contributed by atoms with Crippen molar-refractivity contribution in [3.8, 4) is 0 Å². The molecule has 4 aliphatic carbocycles. The summed E-state index contributed by atoms with van der Waals surface area (Å²) in [5, 5.41) is 10.8. The monoisotopic (exact) mass is 308 g/mol. The van der Waals surface area contributed by atoms with Crippen molar-refractivity contribution in [2.45, 2.75) is 57.2 Å². The molecule has 4 saturated carbocycles. The highest BCUT2D eigenvalue weighted by Gasteiger charge is 2.67. The van der Waals surface area contributed by atoms with E-state index in [1.54, 1.807) is 0 Å². The van der Waals surface area contributed by atoms with E-state index in [1.807, 2.05) is 0 Å². The fourth-order valence-electron chi connectivity index (χ4n) is 5.47. The zero-order valence-corrected chi connectivity index (χ0v) is 13.3. The Kier molecular flexibility index (Phi) is 3.40. The molecule has 0 aromatic rings. The van der Waals surface area contributed by atoms with Crippen LogP contribution in [-0.4, -0.2) is 34.9 Å². The first-order valence-electron chi connectivity index (χ1n) is 7.94. The molecule has 0 heterocycles. The summed E-state index contributed by atoms with van der Waals surface area (Å²) < 4.78 is 10.5. The molecule has 4 fully saturated rings. The summed E-state index contributed by atoms with van der Waals surface area (Å²) in [7, 11) is 0. The molecule has 5 nitrogen and oxygen atoms in total. The lowest BCUT2D eigenvalue weighted by atomic mass is 9.43. The van der Waals surface area contributed by atoms with E-state index in [0.29, 0.717) is 12.3 Å². The molecule has 5 atom stereocenters. The van der Waals surface area contributed by atoms with Crippen LogP contribution in [0.5, 0.6) is 0 Å². The first-order chi connectivity index (χ1) is 10.2. The van der Waals surface area contributed by atoms with Gasteiger partial charge >= 0.3 is 11.9 Å². The smallest absolute Gasteiger partial charge is 0.344 e. The molecule has 0 aliphatic heterocycles. The number of hydrogen-bond acceptors (Lipinski definition) is 5. The fourth-order valence-corrected chi connectivity index (χ4v) is 5.47. The summed E-state index contributed by atoms with van der Waals surface area (Å²) in [5.41, 5.74) is -1.34. The second kappa shape index (κ2) is 4.82. The largest absolute Gasteiger partial charge is 0.456 e. The van der Waals surface area contributed by atoms with Gasteiger partial charge in [-0.1, -0.05) is 20.4 Å². The molecule has 122 valence electrons. The van der Waals surface area contributed by atoms with Crippen LogP contribution < -0.4 is 0 Å². The molecule has 0 saturated heterocycles. The van der Waals surface area contributed by atoms with Crippen LogP contribution in [0.1, 0.15) is 46.0 Å². The molecule has 0 aromatic carbocycles. The summed E-state index contributed by atoms with van der Waals surface area (Å²) in [6.07, 6.45) is 4.98. The molecular formula is C17H24O5. The standard InChI is InChI=1S/C17H24O5/c1-4-13(18)21-8-14(19)22-17-7-12-5-15(3,11(17)2)9-16(20,6-12)10-17/h4,11-12,20H,1,5-10H2,2-3H3. The molecule has 5 unspecified atom stereocenters. The summed E-state index contributed by atoms with van der Waals surface area (Å²) in [6.45, 7) is 7.19. The van der Waals surface area contributed by atoms with Gasteiger partial charge in [0.2, 0.25) is 0 Å². The molecule has 0 aromatic heterocycles. The van der Waals surface area contributed by atoms with E-state index in [0.717, 1.165) is 31.8 Å². The molecule has 22 heavy (non-hydrogen) atoms. The molecule has 4 rings (SSSR count). The Labute approximate surface area is 130 Å². The quantitative estimate of drug-likeness (QED) is 0.635. The van der Waals surface area contributed by atoms with Crippen LogP contribution in [0.25, 0.3) is 0 Å². The SMILES string of the molecule is C=CC(=O)OCC(=O)OC12CC3CC(O)(CC(C)(C3)C1C)C2. The highest BCUT2D eigenvalue weighted by Crippen LogP contribution is 2.66. The molecular weight excluding hydrogens is 284 g/mol. The van der Waals surface area contributed by atoms with E-state index in [2.05, 4.69) is 20.4 Å². The van der Waals surface area contributed by atoms with E-state index >= 15 is 0 Å². The van der Waals surface area contributed by atoms with Crippen LogP contribution in [0.3, 0.4) is 0 Å². The Morgan fingerprint density at radius 1 is 1.32 bits per heavy atom. The maximum atomic E-state index is 12.1. The van der Waals surface area contributed by atoms with Crippen molar-refractivity contribution >= 4 is 11.9 Å². The minimum absolute atomic E-state index is 0.00619. The van der Waals surface area contributed by atoms with Gasteiger partial charge in [0.25, 0.3) is 0 Å². The molecule has 4 bridgehead atoms. The zero-order chi connectivity index (χ0) is 16.2. The number of rotatable bonds is 4. The number of carbonyl (C=O) groups is 2.